The van der Waals surface area contributed by atoms with Gasteiger partial charge in [0.05, 0.1) is 0 Å². The van der Waals surface area contributed by atoms with E-state index in [0.717, 1.165) is 0 Å². The molecule has 0 amide bonds. The number of hydrogen-bond acceptors (Lipinski definition) is 1. The van der Waals surface area contributed by atoms with Crippen molar-refractivity contribution in [2.75, 3.05) is 0 Å². The van der Waals surface area contributed by atoms with Gasteiger partial charge in [0.15, 0.2) is 0 Å². The van der Waals surface area contributed by atoms with Gasteiger partial charge in [0.1, 0.15) is 0 Å². The third-order valence-corrected chi connectivity index (χ3v) is 0.940. The molecule has 0 bridgehead atoms. The summed E-state index contributed by atoms with van der Waals surface area (Å²) >= 11 is 0. The SMILES string of the molecule is CC(C)O.Cc1ccccc1.[Nd]. The molecule has 1 aromatic carbocycles. The van der Waals surface area contributed by atoms with Crippen molar-refractivity contribution >= 4 is 0 Å². The maximum Gasteiger partial charge on any atom is 0.0483 e. The minimum absolute atomic E-state index is 0. The largest absolute Gasteiger partial charge is 0.394 e. The van der Waals surface area contributed by atoms with Gasteiger partial charge in [-0.05, 0) is 20.8 Å². The van der Waals surface area contributed by atoms with Crippen LogP contribution in [0.25, 0.3) is 0 Å². The predicted molar refractivity (Wildman–Crippen MR) is 48.5 cm³/mol. The molecule has 0 aromatic heterocycles. The van der Waals surface area contributed by atoms with Crippen LogP contribution in [-0.2, 0) is 0 Å². The summed E-state index contributed by atoms with van der Waals surface area (Å²) in [4.78, 5) is 0. The van der Waals surface area contributed by atoms with Gasteiger partial charge in [0.2, 0.25) is 0 Å². The van der Waals surface area contributed by atoms with E-state index in [2.05, 4.69) is 19.1 Å². The summed E-state index contributed by atoms with van der Waals surface area (Å²) < 4.78 is 0. The summed E-state index contributed by atoms with van der Waals surface area (Å²) in [5.41, 5.74) is 1.32. The molecule has 0 atom stereocenters. The molecule has 66 valence electrons. The molecule has 0 aliphatic rings. The molecule has 0 fully saturated rings. The Bertz CT molecular complexity index is 170. The van der Waals surface area contributed by atoms with E-state index in [1.807, 2.05) is 18.2 Å². The molecule has 0 heterocycles. The standard InChI is InChI=1S/C7H8.C3H8O.Nd/c1-7-5-3-2-4-6-7;1-3(2)4;/h2-6H,1H3;3-4H,1-2H3;. The van der Waals surface area contributed by atoms with Crippen molar-refractivity contribution in [3.63, 3.8) is 0 Å². The monoisotopic (exact) mass is 294 g/mol. The Morgan fingerprint density at radius 3 is 1.58 bits per heavy atom. The third-order valence-electron chi connectivity index (χ3n) is 0.940. The van der Waals surface area contributed by atoms with E-state index in [1.165, 1.54) is 5.56 Å². The van der Waals surface area contributed by atoms with Crippen molar-refractivity contribution in [3.8, 4) is 0 Å². The van der Waals surface area contributed by atoms with E-state index < -0.39 is 0 Å². The van der Waals surface area contributed by atoms with Crippen molar-refractivity contribution in [1.29, 1.82) is 0 Å². The van der Waals surface area contributed by atoms with Crippen LogP contribution in [-0.4, -0.2) is 11.2 Å². The third kappa shape index (κ3) is 13.1. The van der Waals surface area contributed by atoms with Crippen molar-refractivity contribution in [2.24, 2.45) is 0 Å². The van der Waals surface area contributed by atoms with E-state index in [4.69, 9.17) is 5.11 Å². The Hall–Kier alpha value is 0.531. The van der Waals surface area contributed by atoms with Crippen LogP contribution in [0.3, 0.4) is 0 Å². The molecular formula is C10H16NdO. The second-order valence-electron chi connectivity index (χ2n) is 2.75. The number of aliphatic hydroxyl groups is 1. The summed E-state index contributed by atoms with van der Waals surface area (Å²) in [7, 11) is 0. The fourth-order valence-corrected chi connectivity index (χ4v) is 0.534. The van der Waals surface area contributed by atoms with E-state index >= 15 is 0 Å². The first kappa shape index (κ1) is 15.0. The molecule has 0 aliphatic carbocycles. The van der Waals surface area contributed by atoms with Crippen LogP contribution in [0.2, 0.25) is 0 Å². The molecule has 0 spiro atoms. The van der Waals surface area contributed by atoms with Crippen LogP contribution in [0.15, 0.2) is 30.3 Å². The average Bonchev–Trinajstić information content (AvgIpc) is 1.87. The molecule has 1 rings (SSSR count). The minimum atomic E-state index is -0.167. The zero-order valence-corrected chi connectivity index (χ0v) is 11.1. The fourth-order valence-electron chi connectivity index (χ4n) is 0.534. The second-order valence-corrected chi connectivity index (χ2v) is 2.75. The average molecular weight is 296 g/mol. The fraction of sp³-hybridized carbons (Fsp3) is 0.400. The Labute approximate surface area is 108 Å². The second kappa shape index (κ2) is 9.62. The van der Waals surface area contributed by atoms with Gasteiger partial charge < -0.3 is 5.11 Å². The van der Waals surface area contributed by atoms with Crippen molar-refractivity contribution in [2.45, 2.75) is 26.9 Å². The molecule has 12 heavy (non-hydrogen) atoms. The predicted octanol–water partition coefficient (Wildman–Crippen LogP) is 2.38. The van der Waals surface area contributed by atoms with Gasteiger partial charge in [-0.1, -0.05) is 35.9 Å². The Kier molecular flexibility index (Phi) is 12.0. The molecule has 0 aliphatic heterocycles. The first-order valence-electron chi connectivity index (χ1n) is 3.82. The Balaban J connectivity index is 0. The zero-order valence-electron chi connectivity index (χ0n) is 7.91. The number of aryl methyl sites for hydroxylation is 1. The summed E-state index contributed by atoms with van der Waals surface area (Å²) in [6.07, 6.45) is -0.167. The summed E-state index contributed by atoms with van der Waals surface area (Å²) in [5.74, 6) is 0. The van der Waals surface area contributed by atoms with E-state index in [-0.39, 0.29) is 46.9 Å². The van der Waals surface area contributed by atoms with Gasteiger partial charge in [-0.25, -0.2) is 0 Å². The van der Waals surface area contributed by atoms with Gasteiger partial charge >= 0.3 is 0 Å². The summed E-state index contributed by atoms with van der Waals surface area (Å²) in [6.45, 7) is 5.53. The van der Waals surface area contributed by atoms with E-state index in [1.54, 1.807) is 13.8 Å². The quantitative estimate of drug-likeness (QED) is 0.779. The molecule has 1 nitrogen and oxygen atoms in total. The minimum Gasteiger partial charge on any atom is -0.394 e. The maximum atomic E-state index is 8.06. The van der Waals surface area contributed by atoms with E-state index in [0.29, 0.717) is 0 Å². The molecular weight excluding hydrogens is 280 g/mol. The van der Waals surface area contributed by atoms with Crippen molar-refractivity contribution in [1.82, 2.24) is 0 Å². The number of benzene rings is 1. The molecule has 1 aromatic rings. The first-order valence-corrected chi connectivity index (χ1v) is 3.82. The van der Waals surface area contributed by atoms with Gasteiger partial charge in [-0.2, -0.15) is 0 Å². The zero-order chi connectivity index (χ0) is 8.69. The van der Waals surface area contributed by atoms with Crippen LogP contribution in [0, 0.1) is 47.8 Å². The topological polar surface area (TPSA) is 20.2 Å². The first-order chi connectivity index (χ1) is 5.13. The van der Waals surface area contributed by atoms with Gasteiger partial charge in [0.25, 0.3) is 0 Å². The van der Waals surface area contributed by atoms with Crippen LogP contribution in [0.5, 0.6) is 0 Å². The normalized spacial score (nSPS) is 8.08. The van der Waals surface area contributed by atoms with Crippen LogP contribution in [0.1, 0.15) is 19.4 Å². The summed E-state index contributed by atoms with van der Waals surface area (Å²) in [6, 6.07) is 10.3. The van der Waals surface area contributed by atoms with Gasteiger partial charge in [0, 0.05) is 46.9 Å². The maximum absolute atomic E-state index is 8.06. The summed E-state index contributed by atoms with van der Waals surface area (Å²) in [5, 5.41) is 8.06. The Morgan fingerprint density at radius 2 is 1.42 bits per heavy atom. The molecule has 0 radical (unpaired) electrons. The molecule has 1 N–H and O–H groups in total. The van der Waals surface area contributed by atoms with Crippen LogP contribution in [0.4, 0.5) is 0 Å². The number of hydrogen-bond donors (Lipinski definition) is 1. The van der Waals surface area contributed by atoms with Crippen LogP contribution >= 0.6 is 0 Å². The van der Waals surface area contributed by atoms with Crippen molar-refractivity contribution in [3.05, 3.63) is 35.9 Å². The van der Waals surface area contributed by atoms with Crippen molar-refractivity contribution < 1.29 is 45.9 Å². The van der Waals surface area contributed by atoms with E-state index in [9.17, 15) is 0 Å². The molecule has 2 heteroatoms. The molecule has 0 unspecified atom stereocenters. The Morgan fingerprint density at radius 1 is 1.08 bits per heavy atom. The molecule has 0 saturated heterocycles. The van der Waals surface area contributed by atoms with Gasteiger partial charge in [-0.15, -0.1) is 0 Å². The number of aliphatic hydroxyl groups excluding tert-OH is 1. The van der Waals surface area contributed by atoms with Crippen LogP contribution < -0.4 is 0 Å². The van der Waals surface area contributed by atoms with Gasteiger partial charge in [-0.3, -0.25) is 0 Å². The molecule has 0 saturated carbocycles. The number of rotatable bonds is 0. The smallest absolute Gasteiger partial charge is 0.0483 e.